The summed E-state index contributed by atoms with van der Waals surface area (Å²) in [7, 11) is 0. The van der Waals surface area contributed by atoms with E-state index in [1.54, 1.807) is 0 Å². The third-order valence-corrected chi connectivity index (χ3v) is 2.37. The van der Waals surface area contributed by atoms with Crippen LogP contribution in [-0.4, -0.2) is 5.84 Å². The first-order valence-electron chi connectivity index (χ1n) is 5.25. The Morgan fingerprint density at radius 2 is 1.79 bits per heavy atom. The van der Waals surface area contributed by atoms with Crippen molar-refractivity contribution < 1.29 is 17.9 Å². The molecular weight excluding hydrogens is 257 g/mol. The van der Waals surface area contributed by atoms with Gasteiger partial charge in [-0.05, 0) is 30.3 Å². The minimum absolute atomic E-state index is 0.0293. The number of nitrogens with one attached hydrogen (secondary N) is 1. The Labute approximate surface area is 106 Å². The Morgan fingerprint density at radius 1 is 1.05 bits per heavy atom. The van der Waals surface area contributed by atoms with E-state index in [0.717, 1.165) is 18.2 Å². The highest BCUT2D eigenvalue weighted by Gasteiger charge is 2.13. The van der Waals surface area contributed by atoms with Gasteiger partial charge < -0.3 is 10.5 Å². The van der Waals surface area contributed by atoms with Crippen LogP contribution in [0.15, 0.2) is 36.4 Å². The quantitative estimate of drug-likeness (QED) is 0.662. The van der Waals surface area contributed by atoms with Gasteiger partial charge in [0.05, 0.1) is 5.56 Å². The van der Waals surface area contributed by atoms with E-state index < -0.39 is 23.3 Å². The van der Waals surface area contributed by atoms with Gasteiger partial charge in [-0.15, -0.1) is 0 Å². The summed E-state index contributed by atoms with van der Waals surface area (Å²) >= 11 is 0. The smallest absolute Gasteiger partial charge is 0.201 e. The Balaban J connectivity index is 2.44. The lowest BCUT2D eigenvalue weighted by Crippen LogP contribution is -2.12. The molecular formula is C13H9F3N2O. The van der Waals surface area contributed by atoms with Crippen LogP contribution in [0.2, 0.25) is 0 Å². The summed E-state index contributed by atoms with van der Waals surface area (Å²) in [4.78, 5) is 0. The van der Waals surface area contributed by atoms with E-state index in [-0.39, 0.29) is 17.1 Å². The van der Waals surface area contributed by atoms with E-state index in [1.807, 2.05) is 0 Å². The number of rotatable bonds is 3. The highest BCUT2D eigenvalue weighted by molar-refractivity contribution is 5.97. The number of nitrogen functional groups attached to an aromatic ring is 1. The average Bonchev–Trinajstić information content (AvgIpc) is 2.36. The number of hydrogen-bond donors (Lipinski definition) is 2. The van der Waals surface area contributed by atoms with Gasteiger partial charge in [0, 0.05) is 0 Å². The number of amidine groups is 1. The molecule has 2 rings (SSSR count). The van der Waals surface area contributed by atoms with E-state index in [2.05, 4.69) is 0 Å². The van der Waals surface area contributed by atoms with Gasteiger partial charge in [-0.2, -0.15) is 4.39 Å². The molecule has 0 aliphatic rings. The van der Waals surface area contributed by atoms with Crippen LogP contribution in [0.25, 0.3) is 0 Å². The van der Waals surface area contributed by atoms with Gasteiger partial charge in [0.25, 0.3) is 0 Å². The molecule has 0 aliphatic carbocycles. The summed E-state index contributed by atoms with van der Waals surface area (Å²) in [6.45, 7) is 0. The van der Waals surface area contributed by atoms with Gasteiger partial charge in [-0.25, -0.2) is 8.78 Å². The number of ether oxygens (including phenoxy) is 1. The average molecular weight is 266 g/mol. The molecule has 0 amide bonds. The van der Waals surface area contributed by atoms with Gasteiger partial charge in [0.2, 0.25) is 5.82 Å². The molecule has 98 valence electrons. The molecule has 0 saturated heterocycles. The molecule has 0 aliphatic heterocycles. The van der Waals surface area contributed by atoms with Crippen molar-refractivity contribution in [2.45, 2.75) is 0 Å². The minimum Gasteiger partial charge on any atom is -0.453 e. The lowest BCUT2D eigenvalue weighted by atomic mass is 10.2. The van der Waals surface area contributed by atoms with Crippen LogP contribution in [0.1, 0.15) is 5.56 Å². The second kappa shape index (κ2) is 5.01. The normalized spacial score (nSPS) is 10.3. The van der Waals surface area contributed by atoms with Crippen LogP contribution < -0.4 is 10.5 Å². The molecule has 0 spiro atoms. The van der Waals surface area contributed by atoms with Gasteiger partial charge in [0.15, 0.2) is 11.6 Å². The summed E-state index contributed by atoms with van der Waals surface area (Å²) < 4.78 is 44.6. The van der Waals surface area contributed by atoms with Crippen molar-refractivity contribution in [2.24, 2.45) is 5.73 Å². The third-order valence-electron chi connectivity index (χ3n) is 2.37. The molecule has 0 bridgehead atoms. The van der Waals surface area contributed by atoms with Crippen LogP contribution in [0.5, 0.6) is 11.5 Å². The summed E-state index contributed by atoms with van der Waals surface area (Å²) in [6, 6.07) is 6.67. The van der Waals surface area contributed by atoms with Crippen molar-refractivity contribution in [3.63, 3.8) is 0 Å². The maximum absolute atomic E-state index is 13.4. The molecule has 0 radical (unpaired) electrons. The maximum Gasteiger partial charge on any atom is 0.201 e. The van der Waals surface area contributed by atoms with Gasteiger partial charge >= 0.3 is 0 Å². The summed E-state index contributed by atoms with van der Waals surface area (Å²) in [5, 5.41) is 7.30. The zero-order valence-corrected chi connectivity index (χ0v) is 9.58. The zero-order chi connectivity index (χ0) is 14.0. The number of benzene rings is 2. The summed E-state index contributed by atoms with van der Waals surface area (Å²) in [6.07, 6.45) is 0. The van der Waals surface area contributed by atoms with Crippen LogP contribution >= 0.6 is 0 Å². The lowest BCUT2D eigenvalue weighted by Gasteiger charge is -2.11. The molecule has 0 heterocycles. The standard InChI is InChI=1S/C13H9F3N2O/c14-7-4-5-10(8(6-7)13(17)18)19-11-3-1-2-9(15)12(11)16/h1-6H,(H3,17,18). The molecule has 0 unspecified atom stereocenters. The van der Waals surface area contributed by atoms with Crippen molar-refractivity contribution in [1.29, 1.82) is 5.41 Å². The maximum atomic E-state index is 13.4. The topological polar surface area (TPSA) is 59.1 Å². The Bertz CT molecular complexity index is 644. The predicted octanol–water partition coefficient (Wildman–Crippen LogP) is 3.18. The fourth-order valence-electron chi connectivity index (χ4n) is 1.48. The summed E-state index contributed by atoms with van der Waals surface area (Å²) in [5.41, 5.74) is 5.24. The van der Waals surface area contributed by atoms with Gasteiger partial charge in [-0.1, -0.05) is 6.07 Å². The predicted molar refractivity (Wildman–Crippen MR) is 63.8 cm³/mol. The third kappa shape index (κ3) is 2.67. The van der Waals surface area contributed by atoms with E-state index in [9.17, 15) is 13.2 Å². The van der Waals surface area contributed by atoms with Crippen molar-refractivity contribution >= 4 is 5.84 Å². The Kier molecular flexibility index (Phi) is 3.41. The van der Waals surface area contributed by atoms with Crippen molar-refractivity contribution in [3.8, 4) is 11.5 Å². The van der Waals surface area contributed by atoms with Crippen LogP contribution in [0, 0.1) is 22.9 Å². The van der Waals surface area contributed by atoms with Gasteiger partial charge in [0.1, 0.15) is 17.4 Å². The monoisotopic (exact) mass is 266 g/mol. The SMILES string of the molecule is N=C(N)c1cc(F)ccc1Oc1cccc(F)c1F. The molecule has 6 heteroatoms. The highest BCUT2D eigenvalue weighted by atomic mass is 19.2. The van der Waals surface area contributed by atoms with Crippen LogP contribution in [0.4, 0.5) is 13.2 Å². The first-order valence-corrected chi connectivity index (χ1v) is 5.25. The minimum atomic E-state index is -1.17. The molecule has 3 N–H and O–H groups in total. The molecule has 0 saturated carbocycles. The first-order chi connectivity index (χ1) is 8.99. The van der Waals surface area contributed by atoms with Crippen molar-refractivity contribution in [1.82, 2.24) is 0 Å². The first kappa shape index (κ1) is 12.9. The molecule has 0 fully saturated rings. The lowest BCUT2D eigenvalue weighted by molar-refractivity contribution is 0.415. The van der Waals surface area contributed by atoms with Gasteiger partial charge in [-0.3, -0.25) is 5.41 Å². The molecule has 19 heavy (non-hydrogen) atoms. The van der Waals surface area contributed by atoms with E-state index in [4.69, 9.17) is 15.9 Å². The molecule has 0 atom stereocenters. The number of halogens is 3. The molecule has 3 nitrogen and oxygen atoms in total. The summed E-state index contributed by atoms with van der Waals surface area (Å²) in [5.74, 6) is -3.68. The Hall–Kier alpha value is -2.50. The Morgan fingerprint density at radius 3 is 2.47 bits per heavy atom. The molecule has 0 aromatic heterocycles. The fraction of sp³-hybridized carbons (Fsp3) is 0. The van der Waals surface area contributed by atoms with Crippen LogP contribution in [-0.2, 0) is 0 Å². The second-order valence-corrected chi connectivity index (χ2v) is 3.71. The molecule has 2 aromatic rings. The second-order valence-electron chi connectivity index (χ2n) is 3.71. The highest BCUT2D eigenvalue weighted by Crippen LogP contribution is 2.28. The number of hydrogen-bond acceptors (Lipinski definition) is 2. The van der Waals surface area contributed by atoms with E-state index in [0.29, 0.717) is 0 Å². The van der Waals surface area contributed by atoms with Crippen LogP contribution in [0.3, 0.4) is 0 Å². The fourth-order valence-corrected chi connectivity index (χ4v) is 1.48. The van der Waals surface area contributed by atoms with Crippen molar-refractivity contribution in [3.05, 3.63) is 59.4 Å². The molecule has 2 aromatic carbocycles. The largest absolute Gasteiger partial charge is 0.453 e. The van der Waals surface area contributed by atoms with E-state index >= 15 is 0 Å². The van der Waals surface area contributed by atoms with E-state index in [1.165, 1.54) is 18.2 Å². The van der Waals surface area contributed by atoms with Crippen molar-refractivity contribution in [2.75, 3.05) is 0 Å². The zero-order valence-electron chi connectivity index (χ0n) is 9.58. The number of nitrogens with two attached hydrogens (primary N) is 1.